The van der Waals surface area contributed by atoms with Gasteiger partial charge in [0.15, 0.2) is 0 Å². The highest BCUT2D eigenvalue weighted by atomic mass is 32.2. The van der Waals surface area contributed by atoms with Crippen molar-refractivity contribution < 1.29 is 14.3 Å². The molecule has 4 aromatic rings. The Morgan fingerprint density at radius 3 is 2.71 bits per heavy atom. The molecule has 35 heavy (non-hydrogen) atoms. The van der Waals surface area contributed by atoms with Gasteiger partial charge in [-0.05, 0) is 43.2 Å². The first-order chi connectivity index (χ1) is 17.0. The lowest BCUT2D eigenvalue weighted by atomic mass is 10.0. The average molecular weight is 524 g/mol. The molecule has 9 heteroatoms. The van der Waals surface area contributed by atoms with E-state index in [0.717, 1.165) is 35.6 Å². The zero-order valence-electron chi connectivity index (χ0n) is 19.5. The van der Waals surface area contributed by atoms with Crippen LogP contribution in [-0.2, 0) is 22.5 Å². The van der Waals surface area contributed by atoms with Crippen LogP contribution in [0.15, 0.2) is 53.4 Å². The minimum Gasteiger partial charge on any atom is -0.453 e. The maximum atomic E-state index is 12.9. The molecule has 0 saturated heterocycles. The van der Waals surface area contributed by atoms with Crippen LogP contribution in [-0.4, -0.2) is 41.3 Å². The van der Waals surface area contributed by atoms with Crippen LogP contribution in [0.2, 0.25) is 0 Å². The summed E-state index contributed by atoms with van der Waals surface area (Å²) in [7, 11) is 1.40. The van der Waals surface area contributed by atoms with Crippen molar-refractivity contribution in [2.24, 2.45) is 0 Å². The molecule has 1 aliphatic rings. The predicted molar refractivity (Wildman–Crippen MR) is 145 cm³/mol. The van der Waals surface area contributed by atoms with Gasteiger partial charge in [0.25, 0.3) is 0 Å². The minimum atomic E-state index is -0.329. The number of carbonyl (C=O) groups excluding carboxylic acids is 2. The van der Waals surface area contributed by atoms with Crippen LogP contribution < -0.4 is 5.32 Å². The third-order valence-electron chi connectivity index (χ3n) is 5.87. The van der Waals surface area contributed by atoms with Gasteiger partial charge in [-0.1, -0.05) is 29.8 Å². The summed E-state index contributed by atoms with van der Waals surface area (Å²) in [6.07, 6.45) is 0.782. The Morgan fingerprint density at radius 2 is 1.94 bits per heavy atom. The third kappa shape index (κ3) is 5.22. The number of hydrogen-bond acceptors (Lipinski definition) is 7. The van der Waals surface area contributed by atoms with Gasteiger partial charge in [0.05, 0.1) is 23.9 Å². The number of ether oxygens (including phenoxy) is 1. The van der Waals surface area contributed by atoms with E-state index in [9.17, 15) is 9.59 Å². The number of nitrogens with zero attached hydrogens (tertiary/aromatic N) is 2. The highest BCUT2D eigenvalue weighted by molar-refractivity contribution is 7.99. The maximum Gasteiger partial charge on any atom is 0.409 e. The second-order valence-corrected chi connectivity index (χ2v) is 11.6. The number of methoxy groups -OCH3 is 1. The second-order valence-electron chi connectivity index (χ2n) is 8.30. The molecule has 2 aromatic heterocycles. The number of thiazole rings is 1. The molecular weight excluding hydrogens is 499 g/mol. The Kier molecular flexibility index (Phi) is 7.08. The Morgan fingerprint density at radius 1 is 1.14 bits per heavy atom. The number of nitrogens with one attached hydrogen (secondary N) is 1. The molecule has 0 aliphatic carbocycles. The number of rotatable bonds is 6. The average Bonchev–Trinajstić information content (AvgIpc) is 3.44. The lowest BCUT2D eigenvalue weighted by molar-refractivity contribution is -0.115. The lowest BCUT2D eigenvalue weighted by Crippen LogP contribution is -2.35. The van der Waals surface area contributed by atoms with Gasteiger partial charge in [0, 0.05) is 34.1 Å². The largest absolute Gasteiger partial charge is 0.453 e. The zero-order chi connectivity index (χ0) is 24.4. The van der Waals surface area contributed by atoms with Crippen molar-refractivity contribution in [1.29, 1.82) is 0 Å². The number of para-hydroxylation sites is 1. The summed E-state index contributed by atoms with van der Waals surface area (Å²) < 4.78 is 6.04. The minimum absolute atomic E-state index is 0.0182. The van der Waals surface area contributed by atoms with E-state index < -0.39 is 0 Å². The van der Waals surface area contributed by atoms with Crippen molar-refractivity contribution in [3.8, 4) is 10.6 Å². The number of aryl methyl sites for hydroxylation is 1. The SMILES string of the molecule is COC(=O)N1CCc2c(sc(NC(=O)CCSc3ccc(C)cc3)c2-c2nc3ccccc3s2)C1. The molecule has 2 amide bonds. The van der Waals surface area contributed by atoms with Gasteiger partial charge in [-0.2, -0.15) is 0 Å². The quantitative estimate of drug-likeness (QED) is 0.289. The van der Waals surface area contributed by atoms with Crippen molar-refractivity contribution in [2.75, 3.05) is 24.7 Å². The topological polar surface area (TPSA) is 71.5 Å². The van der Waals surface area contributed by atoms with Crippen molar-refractivity contribution >= 4 is 61.7 Å². The number of thioether (sulfide) groups is 1. The normalized spacial score (nSPS) is 13.0. The fourth-order valence-electron chi connectivity index (χ4n) is 4.07. The Balaban J connectivity index is 1.38. The van der Waals surface area contributed by atoms with Gasteiger partial charge < -0.3 is 15.0 Å². The molecular formula is C26H25N3O3S3. The first-order valence-corrected chi connectivity index (χ1v) is 14.0. The van der Waals surface area contributed by atoms with Gasteiger partial charge in [-0.15, -0.1) is 34.4 Å². The smallest absolute Gasteiger partial charge is 0.409 e. The standard InChI is InChI=1S/C26H25N3O3S3/c1-16-7-9-17(10-8-16)33-14-12-22(30)28-25-23(24-27-19-5-3-4-6-20(19)34-24)18-11-13-29(26(31)32-2)15-21(18)35-25/h3-10H,11-15H2,1-2H3,(H,28,30). The molecule has 0 bridgehead atoms. The molecule has 1 N–H and O–H groups in total. The van der Waals surface area contributed by atoms with Gasteiger partial charge >= 0.3 is 6.09 Å². The molecule has 5 rings (SSSR count). The molecule has 0 atom stereocenters. The molecule has 1 aliphatic heterocycles. The molecule has 0 saturated carbocycles. The number of hydrogen-bond donors (Lipinski definition) is 1. The lowest BCUT2D eigenvalue weighted by Gasteiger charge is -2.25. The third-order valence-corrected chi connectivity index (χ3v) is 9.07. The number of carbonyl (C=O) groups is 2. The van der Waals surface area contributed by atoms with Gasteiger partial charge in [0.2, 0.25) is 5.91 Å². The summed E-state index contributed by atoms with van der Waals surface area (Å²) in [5, 5.41) is 4.88. The summed E-state index contributed by atoms with van der Waals surface area (Å²) >= 11 is 4.85. The number of anilines is 1. The summed E-state index contributed by atoms with van der Waals surface area (Å²) in [6, 6.07) is 16.4. The monoisotopic (exact) mass is 523 g/mol. The van der Waals surface area contributed by atoms with E-state index >= 15 is 0 Å². The van der Waals surface area contributed by atoms with Crippen LogP contribution in [0.3, 0.4) is 0 Å². The van der Waals surface area contributed by atoms with Crippen LogP contribution in [0.25, 0.3) is 20.8 Å². The van der Waals surface area contributed by atoms with E-state index in [1.165, 1.54) is 29.6 Å². The summed E-state index contributed by atoms with van der Waals surface area (Å²) in [4.78, 5) is 33.8. The van der Waals surface area contributed by atoms with E-state index in [2.05, 4.69) is 42.6 Å². The molecule has 3 heterocycles. The van der Waals surface area contributed by atoms with Crippen molar-refractivity contribution in [2.45, 2.75) is 31.2 Å². The highest BCUT2D eigenvalue weighted by Gasteiger charge is 2.29. The van der Waals surface area contributed by atoms with Crippen molar-refractivity contribution in [3.63, 3.8) is 0 Å². The molecule has 0 fully saturated rings. The molecule has 0 unspecified atom stereocenters. The van der Waals surface area contributed by atoms with Crippen LogP contribution in [0.1, 0.15) is 22.4 Å². The summed E-state index contributed by atoms with van der Waals surface area (Å²) in [5.74, 6) is 0.683. The van der Waals surface area contributed by atoms with E-state index in [0.29, 0.717) is 31.7 Å². The van der Waals surface area contributed by atoms with Crippen molar-refractivity contribution in [1.82, 2.24) is 9.88 Å². The molecule has 2 aromatic carbocycles. The first-order valence-electron chi connectivity index (χ1n) is 11.3. The number of fused-ring (bicyclic) bond motifs is 2. The van der Waals surface area contributed by atoms with Gasteiger partial charge in [-0.3, -0.25) is 4.79 Å². The van der Waals surface area contributed by atoms with Crippen LogP contribution >= 0.6 is 34.4 Å². The molecule has 0 radical (unpaired) electrons. The number of amides is 2. The zero-order valence-corrected chi connectivity index (χ0v) is 21.9. The number of aromatic nitrogens is 1. The molecule has 6 nitrogen and oxygen atoms in total. The van der Waals surface area contributed by atoms with E-state index in [4.69, 9.17) is 9.72 Å². The summed E-state index contributed by atoms with van der Waals surface area (Å²) in [6.45, 7) is 3.12. The maximum absolute atomic E-state index is 12.9. The van der Waals surface area contributed by atoms with Crippen LogP contribution in [0, 0.1) is 6.92 Å². The van der Waals surface area contributed by atoms with Gasteiger partial charge in [-0.25, -0.2) is 9.78 Å². The van der Waals surface area contributed by atoms with E-state index in [-0.39, 0.29) is 12.0 Å². The second kappa shape index (κ2) is 10.4. The van der Waals surface area contributed by atoms with Gasteiger partial charge in [0.1, 0.15) is 10.0 Å². The molecule has 180 valence electrons. The Hall–Kier alpha value is -2.88. The first kappa shape index (κ1) is 23.8. The predicted octanol–water partition coefficient (Wildman–Crippen LogP) is 6.58. The number of benzene rings is 2. The van der Waals surface area contributed by atoms with E-state index in [1.54, 1.807) is 28.0 Å². The van der Waals surface area contributed by atoms with Crippen molar-refractivity contribution in [3.05, 3.63) is 64.5 Å². The fourth-order valence-corrected chi connectivity index (χ4v) is 7.31. The Bertz CT molecular complexity index is 1340. The van der Waals surface area contributed by atoms with Crippen LogP contribution in [0.5, 0.6) is 0 Å². The number of thiophene rings is 1. The highest BCUT2D eigenvalue weighted by Crippen LogP contribution is 2.45. The van der Waals surface area contributed by atoms with Crippen LogP contribution in [0.4, 0.5) is 9.80 Å². The van der Waals surface area contributed by atoms with E-state index in [1.807, 2.05) is 18.2 Å². The molecule has 0 spiro atoms. The summed E-state index contributed by atoms with van der Waals surface area (Å²) in [5.41, 5.74) is 4.34. The Labute approximate surface area is 216 Å². The fraction of sp³-hybridized carbons (Fsp3) is 0.269.